The minimum absolute atomic E-state index is 0.0393. The molecule has 4 bridgehead atoms. The SMILES string of the molecule is COC(=O)C(NC(=O)CCC1CCCCC1)C12CC3CC(CC(C3)C1)C2. The number of ether oxygens (including phenoxy) is 1. The van der Waals surface area contributed by atoms with Crippen molar-refractivity contribution in [1.29, 1.82) is 0 Å². The van der Waals surface area contributed by atoms with Crippen molar-refractivity contribution in [1.82, 2.24) is 5.32 Å². The summed E-state index contributed by atoms with van der Waals surface area (Å²) >= 11 is 0. The Kier molecular flexibility index (Phi) is 5.29. The first-order valence-corrected chi connectivity index (χ1v) is 10.9. The van der Waals surface area contributed by atoms with E-state index in [2.05, 4.69) is 5.32 Å². The second-order valence-corrected chi connectivity index (χ2v) is 9.85. The predicted octanol–water partition coefficient (Wildman–Crippen LogP) is 4.22. The Labute approximate surface area is 157 Å². The molecule has 0 radical (unpaired) electrons. The summed E-state index contributed by atoms with van der Waals surface area (Å²) in [5.41, 5.74) is -0.0393. The molecular formula is C22H35NO3. The van der Waals surface area contributed by atoms with Gasteiger partial charge in [0.1, 0.15) is 6.04 Å². The number of amides is 1. The molecule has 5 aliphatic carbocycles. The molecule has 1 unspecified atom stereocenters. The van der Waals surface area contributed by atoms with Crippen molar-refractivity contribution in [3.63, 3.8) is 0 Å². The van der Waals surface area contributed by atoms with Gasteiger partial charge in [-0.2, -0.15) is 0 Å². The first-order valence-electron chi connectivity index (χ1n) is 10.9. The minimum atomic E-state index is -0.431. The standard InChI is InChI=1S/C22H35NO3/c1-26-21(25)20(23-19(24)8-7-15-5-3-2-4-6-15)22-12-16-9-17(13-22)11-18(10-16)14-22/h15-18,20H,2-14H2,1H3,(H,23,24). The molecule has 0 spiro atoms. The molecular weight excluding hydrogens is 326 g/mol. The summed E-state index contributed by atoms with van der Waals surface area (Å²) in [6.07, 6.45) is 15.3. The number of methoxy groups -OCH3 is 1. The monoisotopic (exact) mass is 361 g/mol. The predicted molar refractivity (Wildman–Crippen MR) is 100 cm³/mol. The topological polar surface area (TPSA) is 55.4 Å². The highest BCUT2D eigenvalue weighted by Gasteiger charge is 2.56. The molecule has 5 saturated carbocycles. The Morgan fingerprint density at radius 1 is 1.00 bits per heavy atom. The Balaban J connectivity index is 1.40. The Morgan fingerprint density at radius 3 is 2.12 bits per heavy atom. The van der Waals surface area contributed by atoms with E-state index in [-0.39, 0.29) is 17.3 Å². The molecule has 5 fully saturated rings. The first-order chi connectivity index (χ1) is 12.6. The van der Waals surface area contributed by atoms with Crippen LogP contribution in [0.4, 0.5) is 0 Å². The normalized spacial score (nSPS) is 37.3. The van der Waals surface area contributed by atoms with E-state index in [0.717, 1.165) is 43.4 Å². The molecule has 5 aliphatic rings. The molecule has 1 atom stereocenters. The molecule has 0 aromatic rings. The van der Waals surface area contributed by atoms with E-state index < -0.39 is 6.04 Å². The van der Waals surface area contributed by atoms with Gasteiger partial charge in [0.2, 0.25) is 5.91 Å². The van der Waals surface area contributed by atoms with Crippen LogP contribution in [-0.4, -0.2) is 25.0 Å². The highest BCUT2D eigenvalue weighted by atomic mass is 16.5. The third-order valence-corrected chi connectivity index (χ3v) is 7.94. The summed E-state index contributed by atoms with van der Waals surface area (Å²) in [7, 11) is 1.46. The Morgan fingerprint density at radius 2 is 1.58 bits per heavy atom. The largest absolute Gasteiger partial charge is 0.467 e. The van der Waals surface area contributed by atoms with Crippen molar-refractivity contribution in [3.05, 3.63) is 0 Å². The molecule has 5 rings (SSSR count). The van der Waals surface area contributed by atoms with E-state index in [0.29, 0.717) is 12.3 Å². The quantitative estimate of drug-likeness (QED) is 0.721. The molecule has 0 saturated heterocycles. The van der Waals surface area contributed by atoms with Gasteiger partial charge in [-0.05, 0) is 68.6 Å². The van der Waals surface area contributed by atoms with Crippen LogP contribution in [0.3, 0.4) is 0 Å². The fourth-order valence-electron chi connectivity index (χ4n) is 7.16. The lowest BCUT2D eigenvalue weighted by Crippen LogP contribution is -2.60. The Hall–Kier alpha value is -1.06. The van der Waals surface area contributed by atoms with E-state index >= 15 is 0 Å². The van der Waals surface area contributed by atoms with Crippen molar-refractivity contribution >= 4 is 11.9 Å². The summed E-state index contributed by atoms with van der Waals surface area (Å²) in [5.74, 6) is 2.80. The first kappa shape index (κ1) is 18.3. The van der Waals surface area contributed by atoms with Gasteiger partial charge in [-0.3, -0.25) is 4.79 Å². The van der Waals surface area contributed by atoms with Crippen LogP contribution in [0.2, 0.25) is 0 Å². The summed E-state index contributed by atoms with van der Waals surface area (Å²) in [5, 5.41) is 3.15. The lowest BCUT2D eigenvalue weighted by atomic mass is 9.47. The second kappa shape index (κ2) is 7.52. The van der Waals surface area contributed by atoms with Crippen LogP contribution in [0.25, 0.3) is 0 Å². The number of esters is 1. The van der Waals surface area contributed by atoms with Crippen LogP contribution in [-0.2, 0) is 14.3 Å². The van der Waals surface area contributed by atoms with E-state index in [4.69, 9.17) is 4.74 Å². The van der Waals surface area contributed by atoms with Crippen molar-refractivity contribution in [2.24, 2.45) is 29.1 Å². The summed E-state index contributed by atoms with van der Waals surface area (Å²) in [6, 6.07) is -0.431. The molecule has 146 valence electrons. The maximum Gasteiger partial charge on any atom is 0.328 e. The average molecular weight is 362 g/mol. The number of rotatable bonds is 6. The van der Waals surface area contributed by atoms with Crippen LogP contribution in [0.5, 0.6) is 0 Å². The molecule has 4 nitrogen and oxygen atoms in total. The average Bonchev–Trinajstić information content (AvgIpc) is 2.63. The van der Waals surface area contributed by atoms with Crippen molar-refractivity contribution in [2.75, 3.05) is 7.11 Å². The number of carbonyl (C=O) groups is 2. The molecule has 26 heavy (non-hydrogen) atoms. The molecule has 1 N–H and O–H groups in total. The van der Waals surface area contributed by atoms with Gasteiger partial charge in [0.15, 0.2) is 0 Å². The summed E-state index contributed by atoms with van der Waals surface area (Å²) in [6.45, 7) is 0. The molecule has 0 aromatic heterocycles. The minimum Gasteiger partial charge on any atom is -0.467 e. The summed E-state index contributed by atoms with van der Waals surface area (Å²) in [4.78, 5) is 25.3. The lowest BCUT2D eigenvalue weighted by molar-refractivity contribution is -0.157. The van der Waals surface area contributed by atoms with E-state index in [1.807, 2.05) is 0 Å². The molecule has 0 aromatic carbocycles. The molecule has 4 heteroatoms. The van der Waals surface area contributed by atoms with Crippen molar-refractivity contribution in [2.45, 2.75) is 89.5 Å². The zero-order valence-electron chi connectivity index (χ0n) is 16.3. The van der Waals surface area contributed by atoms with Crippen LogP contribution in [0.1, 0.15) is 83.5 Å². The van der Waals surface area contributed by atoms with E-state index in [1.165, 1.54) is 58.5 Å². The fourth-order valence-corrected chi connectivity index (χ4v) is 7.16. The highest BCUT2D eigenvalue weighted by Crippen LogP contribution is 2.61. The number of nitrogens with one attached hydrogen (secondary N) is 1. The third kappa shape index (κ3) is 3.66. The summed E-state index contributed by atoms with van der Waals surface area (Å²) < 4.78 is 5.14. The van der Waals surface area contributed by atoms with Crippen LogP contribution < -0.4 is 5.32 Å². The van der Waals surface area contributed by atoms with Crippen LogP contribution in [0.15, 0.2) is 0 Å². The van der Waals surface area contributed by atoms with Gasteiger partial charge >= 0.3 is 5.97 Å². The maximum atomic E-state index is 12.7. The van der Waals surface area contributed by atoms with E-state index in [1.54, 1.807) is 0 Å². The number of carbonyl (C=O) groups excluding carboxylic acids is 2. The fraction of sp³-hybridized carbons (Fsp3) is 0.909. The number of hydrogen-bond donors (Lipinski definition) is 1. The molecule has 0 heterocycles. The lowest BCUT2D eigenvalue weighted by Gasteiger charge is -2.58. The van der Waals surface area contributed by atoms with Gasteiger partial charge in [0.05, 0.1) is 7.11 Å². The van der Waals surface area contributed by atoms with E-state index in [9.17, 15) is 9.59 Å². The Bertz CT molecular complexity index is 502. The number of hydrogen-bond acceptors (Lipinski definition) is 3. The van der Waals surface area contributed by atoms with Crippen LogP contribution >= 0.6 is 0 Å². The molecule has 0 aliphatic heterocycles. The zero-order chi connectivity index (χ0) is 18.1. The van der Waals surface area contributed by atoms with Crippen molar-refractivity contribution in [3.8, 4) is 0 Å². The van der Waals surface area contributed by atoms with Gasteiger partial charge in [-0.25, -0.2) is 4.79 Å². The smallest absolute Gasteiger partial charge is 0.328 e. The van der Waals surface area contributed by atoms with Gasteiger partial charge in [0, 0.05) is 11.8 Å². The highest BCUT2D eigenvalue weighted by molar-refractivity contribution is 5.85. The zero-order valence-corrected chi connectivity index (χ0v) is 16.3. The second-order valence-electron chi connectivity index (χ2n) is 9.85. The third-order valence-electron chi connectivity index (χ3n) is 7.94. The van der Waals surface area contributed by atoms with Gasteiger partial charge in [0.25, 0.3) is 0 Å². The maximum absolute atomic E-state index is 12.7. The van der Waals surface area contributed by atoms with Gasteiger partial charge in [-0.15, -0.1) is 0 Å². The van der Waals surface area contributed by atoms with Gasteiger partial charge in [-0.1, -0.05) is 32.1 Å². The van der Waals surface area contributed by atoms with Crippen LogP contribution in [0, 0.1) is 29.1 Å². The van der Waals surface area contributed by atoms with Crippen molar-refractivity contribution < 1.29 is 14.3 Å². The molecule has 1 amide bonds. The van der Waals surface area contributed by atoms with Gasteiger partial charge < -0.3 is 10.1 Å².